The van der Waals surface area contributed by atoms with Gasteiger partial charge in [-0.05, 0) is 30.3 Å². The molecule has 19 heavy (non-hydrogen) atoms. The van der Waals surface area contributed by atoms with Crippen molar-refractivity contribution in [1.82, 2.24) is 4.98 Å². The zero-order chi connectivity index (χ0) is 14.0. The number of nitrogen functional groups attached to an aromatic ring is 1. The molecular formula is C11H9ClFN3O2S. The minimum absolute atomic E-state index is 0.00345. The summed E-state index contributed by atoms with van der Waals surface area (Å²) in [6.07, 6.45) is 0. The molecule has 0 fully saturated rings. The fourth-order valence-corrected chi connectivity index (χ4v) is 2.62. The molecule has 1 aromatic carbocycles. The Morgan fingerprint density at radius 1 is 1.26 bits per heavy atom. The van der Waals surface area contributed by atoms with Gasteiger partial charge in [0.1, 0.15) is 21.7 Å². The van der Waals surface area contributed by atoms with E-state index in [0.717, 1.165) is 12.1 Å². The molecule has 3 N–H and O–H groups in total. The summed E-state index contributed by atoms with van der Waals surface area (Å²) in [5.41, 5.74) is 5.49. The molecule has 0 aliphatic heterocycles. The maximum Gasteiger partial charge on any atom is 0.265 e. The molecule has 0 atom stereocenters. The van der Waals surface area contributed by atoms with Crippen LogP contribution >= 0.6 is 11.6 Å². The molecule has 0 unspecified atom stereocenters. The van der Waals surface area contributed by atoms with Crippen molar-refractivity contribution in [2.75, 3.05) is 10.5 Å². The minimum atomic E-state index is -4.08. The summed E-state index contributed by atoms with van der Waals surface area (Å²) in [6, 6.07) is 7.72. The SMILES string of the molecule is Nc1ccc(S(=O)(=O)Nc2cccc(Cl)n2)c(F)c1. The van der Waals surface area contributed by atoms with Crippen LogP contribution in [-0.4, -0.2) is 13.4 Å². The largest absolute Gasteiger partial charge is 0.399 e. The lowest BCUT2D eigenvalue weighted by atomic mass is 10.3. The maximum atomic E-state index is 13.6. The highest BCUT2D eigenvalue weighted by molar-refractivity contribution is 7.92. The zero-order valence-corrected chi connectivity index (χ0v) is 11.0. The third kappa shape index (κ3) is 3.12. The van der Waals surface area contributed by atoms with Crippen LogP contribution in [0.15, 0.2) is 41.3 Å². The van der Waals surface area contributed by atoms with E-state index in [1.807, 2.05) is 0 Å². The molecular weight excluding hydrogens is 293 g/mol. The quantitative estimate of drug-likeness (QED) is 0.672. The van der Waals surface area contributed by atoms with Crippen molar-refractivity contribution in [1.29, 1.82) is 0 Å². The first-order valence-electron chi connectivity index (χ1n) is 5.09. The average Bonchev–Trinajstić information content (AvgIpc) is 2.27. The van der Waals surface area contributed by atoms with Crippen LogP contribution in [0, 0.1) is 5.82 Å². The first kappa shape index (κ1) is 13.6. The van der Waals surface area contributed by atoms with E-state index >= 15 is 0 Å². The first-order valence-corrected chi connectivity index (χ1v) is 6.95. The standard InChI is InChI=1S/C11H9ClFN3O2S/c12-10-2-1-3-11(15-10)16-19(17,18)9-5-4-7(14)6-8(9)13/h1-6H,14H2,(H,15,16). The predicted octanol–water partition coefficient (Wildman–Crippen LogP) is 2.26. The van der Waals surface area contributed by atoms with Gasteiger partial charge in [-0.2, -0.15) is 0 Å². The summed E-state index contributed by atoms with van der Waals surface area (Å²) in [5.74, 6) is -0.932. The number of hydrogen-bond donors (Lipinski definition) is 2. The van der Waals surface area contributed by atoms with Crippen LogP contribution in [0.1, 0.15) is 0 Å². The minimum Gasteiger partial charge on any atom is -0.399 e. The van der Waals surface area contributed by atoms with Gasteiger partial charge in [-0.3, -0.25) is 4.72 Å². The van der Waals surface area contributed by atoms with Crippen molar-refractivity contribution >= 4 is 33.1 Å². The number of halogens is 2. The van der Waals surface area contributed by atoms with E-state index in [9.17, 15) is 12.8 Å². The van der Waals surface area contributed by atoms with Crippen molar-refractivity contribution in [3.63, 3.8) is 0 Å². The number of nitrogens with two attached hydrogens (primary N) is 1. The number of pyridine rings is 1. The van der Waals surface area contributed by atoms with Crippen molar-refractivity contribution in [2.24, 2.45) is 0 Å². The third-order valence-corrected chi connectivity index (χ3v) is 3.80. The van der Waals surface area contributed by atoms with Gasteiger partial charge < -0.3 is 5.73 Å². The molecule has 100 valence electrons. The summed E-state index contributed by atoms with van der Waals surface area (Å²) in [4.78, 5) is 3.25. The van der Waals surface area contributed by atoms with Gasteiger partial charge in [0.05, 0.1) is 0 Å². The van der Waals surface area contributed by atoms with Crippen LogP contribution in [0.4, 0.5) is 15.9 Å². The molecule has 0 aliphatic rings. The summed E-state index contributed by atoms with van der Waals surface area (Å²) in [5, 5.41) is 0.123. The normalized spacial score (nSPS) is 11.3. The van der Waals surface area contributed by atoms with Crippen LogP contribution < -0.4 is 10.5 Å². The Kier molecular flexibility index (Phi) is 3.59. The van der Waals surface area contributed by atoms with Gasteiger partial charge in [0, 0.05) is 5.69 Å². The second kappa shape index (κ2) is 5.02. The number of anilines is 2. The molecule has 1 aromatic heterocycles. The van der Waals surface area contributed by atoms with E-state index in [1.165, 1.54) is 24.3 Å². The summed E-state index contributed by atoms with van der Waals surface area (Å²) in [6.45, 7) is 0. The smallest absolute Gasteiger partial charge is 0.265 e. The van der Waals surface area contributed by atoms with Crippen LogP contribution in [0.2, 0.25) is 5.15 Å². The molecule has 0 spiro atoms. The number of benzene rings is 1. The van der Waals surface area contributed by atoms with Crippen LogP contribution in [0.25, 0.3) is 0 Å². The van der Waals surface area contributed by atoms with E-state index in [0.29, 0.717) is 0 Å². The van der Waals surface area contributed by atoms with Crippen molar-refractivity contribution in [3.05, 3.63) is 47.4 Å². The third-order valence-electron chi connectivity index (χ3n) is 2.20. The fourth-order valence-electron chi connectivity index (χ4n) is 1.39. The predicted molar refractivity (Wildman–Crippen MR) is 70.9 cm³/mol. The Labute approximate surface area is 114 Å². The summed E-state index contributed by atoms with van der Waals surface area (Å²) < 4.78 is 39.7. The number of sulfonamides is 1. The molecule has 1 heterocycles. The van der Waals surface area contributed by atoms with Crippen molar-refractivity contribution in [3.8, 4) is 0 Å². The average molecular weight is 302 g/mol. The molecule has 0 bridgehead atoms. The number of hydrogen-bond acceptors (Lipinski definition) is 4. The number of rotatable bonds is 3. The lowest BCUT2D eigenvalue weighted by Crippen LogP contribution is -2.15. The van der Waals surface area contributed by atoms with Crippen molar-refractivity contribution in [2.45, 2.75) is 4.90 Å². The summed E-state index contributed by atoms with van der Waals surface area (Å²) in [7, 11) is -4.08. The molecule has 0 saturated carbocycles. The second-order valence-electron chi connectivity index (χ2n) is 3.64. The van der Waals surface area contributed by atoms with E-state index in [1.54, 1.807) is 0 Å². The van der Waals surface area contributed by atoms with E-state index < -0.39 is 20.7 Å². The molecule has 5 nitrogen and oxygen atoms in total. The highest BCUT2D eigenvalue weighted by Crippen LogP contribution is 2.20. The molecule has 0 amide bonds. The molecule has 0 aliphatic carbocycles. The van der Waals surface area contributed by atoms with Crippen LogP contribution in [-0.2, 0) is 10.0 Å². The second-order valence-corrected chi connectivity index (χ2v) is 5.68. The molecule has 2 aromatic rings. The van der Waals surface area contributed by atoms with Gasteiger partial charge in [-0.15, -0.1) is 0 Å². The van der Waals surface area contributed by atoms with E-state index in [4.69, 9.17) is 17.3 Å². The van der Waals surface area contributed by atoms with E-state index in [2.05, 4.69) is 9.71 Å². The van der Waals surface area contributed by atoms with Crippen molar-refractivity contribution < 1.29 is 12.8 Å². The Hall–Kier alpha value is -1.86. The van der Waals surface area contributed by atoms with Gasteiger partial charge in [0.2, 0.25) is 0 Å². The van der Waals surface area contributed by atoms with Crippen LogP contribution in [0.5, 0.6) is 0 Å². The van der Waals surface area contributed by atoms with Gasteiger partial charge in [0.15, 0.2) is 0 Å². The Balaban J connectivity index is 2.38. The zero-order valence-electron chi connectivity index (χ0n) is 9.47. The van der Waals surface area contributed by atoms with E-state index in [-0.39, 0.29) is 16.7 Å². The number of nitrogens with zero attached hydrogens (tertiary/aromatic N) is 1. The summed E-state index contributed by atoms with van der Waals surface area (Å²) >= 11 is 5.64. The Bertz CT molecular complexity index is 722. The lowest BCUT2D eigenvalue weighted by molar-refractivity contribution is 0.570. The topological polar surface area (TPSA) is 85.1 Å². The first-order chi connectivity index (χ1) is 8.88. The monoisotopic (exact) mass is 301 g/mol. The van der Waals surface area contributed by atoms with Gasteiger partial charge >= 0.3 is 0 Å². The lowest BCUT2D eigenvalue weighted by Gasteiger charge is -2.08. The van der Waals surface area contributed by atoms with Gasteiger partial charge in [-0.25, -0.2) is 17.8 Å². The number of nitrogens with one attached hydrogen (secondary N) is 1. The fraction of sp³-hybridized carbons (Fsp3) is 0. The van der Waals surface area contributed by atoms with Gasteiger partial charge in [-0.1, -0.05) is 17.7 Å². The molecule has 2 rings (SSSR count). The highest BCUT2D eigenvalue weighted by Gasteiger charge is 2.19. The number of aromatic nitrogens is 1. The molecule has 0 saturated heterocycles. The molecule has 0 radical (unpaired) electrons. The van der Waals surface area contributed by atoms with Crippen LogP contribution in [0.3, 0.4) is 0 Å². The van der Waals surface area contributed by atoms with Gasteiger partial charge in [0.25, 0.3) is 10.0 Å². The highest BCUT2D eigenvalue weighted by atomic mass is 35.5. The Morgan fingerprint density at radius 2 is 2.00 bits per heavy atom. The molecule has 8 heteroatoms. The maximum absolute atomic E-state index is 13.6. The Morgan fingerprint density at radius 3 is 2.63 bits per heavy atom.